The number of halogens is 1. The molecule has 0 atom stereocenters. The Labute approximate surface area is 213 Å². The number of rotatable bonds is 6. The van der Waals surface area contributed by atoms with Crippen molar-refractivity contribution in [2.45, 2.75) is 11.4 Å². The van der Waals surface area contributed by atoms with Crippen LogP contribution in [0, 0.1) is 0 Å². The molecule has 0 bridgehead atoms. The maximum Gasteiger partial charge on any atom is 0.308 e. The lowest BCUT2D eigenvalue weighted by Gasteiger charge is -2.34. The lowest BCUT2D eigenvalue weighted by molar-refractivity contribution is 0.313. The van der Waals surface area contributed by atoms with Gasteiger partial charge in [-0.1, -0.05) is 41.1 Å². The van der Waals surface area contributed by atoms with Gasteiger partial charge in [-0.05, 0) is 61.1 Å². The van der Waals surface area contributed by atoms with E-state index in [-0.39, 0.29) is 9.77 Å². The second-order valence-corrected chi connectivity index (χ2v) is 11.7. The van der Waals surface area contributed by atoms with Gasteiger partial charge in [-0.25, -0.2) is 8.42 Å². The molecule has 0 spiro atoms. The topological polar surface area (TPSA) is 74.7 Å². The average molecular weight is 529 g/mol. The van der Waals surface area contributed by atoms with E-state index in [4.69, 9.17) is 11.6 Å². The largest absolute Gasteiger partial charge is 0.369 e. The number of anilines is 2. The number of piperazine rings is 1. The monoisotopic (exact) mass is 528 g/mol. The van der Waals surface area contributed by atoms with Gasteiger partial charge < -0.3 is 9.80 Å². The number of benzene rings is 3. The predicted molar refractivity (Wildman–Crippen MR) is 144 cm³/mol. The summed E-state index contributed by atoms with van der Waals surface area (Å²) in [6, 6.07) is 19.5. The van der Waals surface area contributed by atoms with Crippen LogP contribution >= 0.6 is 22.9 Å². The van der Waals surface area contributed by atoms with Gasteiger partial charge in [0.2, 0.25) is 0 Å². The van der Waals surface area contributed by atoms with E-state index in [1.165, 1.54) is 6.07 Å². The molecular formula is C25H25ClN4O3S2. The number of sulfonamides is 1. The summed E-state index contributed by atoms with van der Waals surface area (Å²) < 4.78 is 31.0. The van der Waals surface area contributed by atoms with Crippen LogP contribution in [0.25, 0.3) is 10.2 Å². The zero-order valence-corrected chi connectivity index (χ0v) is 21.5. The minimum absolute atomic E-state index is 0.110. The molecule has 3 aromatic carbocycles. The molecule has 0 amide bonds. The number of fused-ring (bicyclic) bond motifs is 1. The molecule has 182 valence electrons. The van der Waals surface area contributed by atoms with E-state index in [1.807, 2.05) is 30.3 Å². The highest BCUT2D eigenvalue weighted by atomic mass is 35.5. The summed E-state index contributed by atoms with van der Waals surface area (Å²) in [6.45, 7) is 4.22. The first kappa shape index (κ1) is 23.9. The van der Waals surface area contributed by atoms with E-state index in [2.05, 4.69) is 21.6 Å². The predicted octanol–water partition coefficient (Wildman–Crippen LogP) is 4.32. The highest BCUT2D eigenvalue weighted by Gasteiger charge is 2.19. The summed E-state index contributed by atoms with van der Waals surface area (Å²) in [5.41, 5.74) is 3.07. The third-order valence-corrected chi connectivity index (χ3v) is 8.91. The van der Waals surface area contributed by atoms with Crippen LogP contribution < -0.4 is 14.5 Å². The van der Waals surface area contributed by atoms with E-state index in [0.29, 0.717) is 27.5 Å². The van der Waals surface area contributed by atoms with E-state index >= 15 is 0 Å². The quantitative estimate of drug-likeness (QED) is 0.403. The SMILES string of the molecule is CN1CCN(c2ccc(NS(=O)(=O)c3ccc4c(c3)sc(=O)n4Cc3ccccc3Cl)cc2)CC1. The second kappa shape index (κ2) is 9.66. The Hall–Kier alpha value is -2.85. The fraction of sp³-hybridized carbons (Fsp3) is 0.240. The van der Waals surface area contributed by atoms with Gasteiger partial charge in [-0.2, -0.15) is 0 Å². The summed E-state index contributed by atoms with van der Waals surface area (Å²) >= 11 is 7.28. The van der Waals surface area contributed by atoms with Crippen molar-refractivity contribution in [2.24, 2.45) is 0 Å². The molecule has 1 N–H and O–H groups in total. The van der Waals surface area contributed by atoms with Gasteiger partial charge in [0.1, 0.15) is 0 Å². The minimum Gasteiger partial charge on any atom is -0.369 e. The maximum absolute atomic E-state index is 13.1. The van der Waals surface area contributed by atoms with Crippen LogP contribution in [0.1, 0.15) is 5.56 Å². The Morgan fingerprint density at radius 2 is 1.69 bits per heavy atom. The van der Waals surface area contributed by atoms with Crippen LogP contribution in [0.2, 0.25) is 5.02 Å². The standard InChI is InChI=1S/C25H25ClN4O3S2/c1-28-12-14-29(15-13-28)20-8-6-19(7-9-20)27-35(32,33)21-10-11-23-24(16-21)34-25(31)30(23)17-18-4-2-3-5-22(18)26/h2-11,16,27H,12-15,17H2,1H3. The van der Waals surface area contributed by atoms with E-state index in [1.54, 1.807) is 34.9 Å². The van der Waals surface area contributed by atoms with Crippen molar-refractivity contribution in [3.05, 3.63) is 87.0 Å². The van der Waals surface area contributed by atoms with Crippen molar-refractivity contribution < 1.29 is 8.42 Å². The third kappa shape index (κ3) is 5.08. The second-order valence-electron chi connectivity index (χ2n) is 8.62. The smallest absolute Gasteiger partial charge is 0.308 e. The number of aromatic nitrogens is 1. The van der Waals surface area contributed by atoms with Crippen molar-refractivity contribution in [3.63, 3.8) is 0 Å². The van der Waals surface area contributed by atoms with Gasteiger partial charge >= 0.3 is 4.87 Å². The zero-order valence-electron chi connectivity index (χ0n) is 19.1. The van der Waals surface area contributed by atoms with Crippen LogP contribution in [0.5, 0.6) is 0 Å². The summed E-state index contributed by atoms with van der Waals surface area (Å²) in [6.07, 6.45) is 0. The molecule has 5 rings (SSSR count). The van der Waals surface area contributed by atoms with Crippen LogP contribution in [-0.4, -0.2) is 51.1 Å². The Bertz CT molecular complexity index is 1520. The van der Waals surface area contributed by atoms with Crippen LogP contribution in [-0.2, 0) is 16.6 Å². The lowest BCUT2D eigenvalue weighted by Crippen LogP contribution is -2.44. The summed E-state index contributed by atoms with van der Waals surface area (Å²) in [5, 5.41) is 0.584. The van der Waals surface area contributed by atoms with Crippen molar-refractivity contribution in [3.8, 4) is 0 Å². The van der Waals surface area contributed by atoms with Crippen molar-refractivity contribution in [1.82, 2.24) is 9.47 Å². The third-order valence-electron chi connectivity index (χ3n) is 6.22. The normalized spacial score (nSPS) is 15.0. The van der Waals surface area contributed by atoms with E-state index in [9.17, 15) is 13.2 Å². The van der Waals surface area contributed by atoms with E-state index < -0.39 is 10.0 Å². The number of nitrogens with one attached hydrogen (secondary N) is 1. The molecule has 0 unspecified atom stereocenters. The van der Waals surface area contributed by atoms with Gasteiger partial charge in [0.25, 0.3) is 10.0 Å². The molecule has 1 aromatic heterocycles. The van der Waals surface area contributed by atoms with Crippen molar-refractivity contribution >= 4 is 54.6 Å². The maximum atomic E-state index is 13.1. The van der Waals surface area contributed by atoms with Gasteiger partial charge in [-0.15, -0.1) is 0 Å². The molecule has 1 fully saturated rings. The van der Waals surface area contributed by atoms with Crippen LogP contribution in [0.4, 0.5) is 11.4 Å². The lowest BCUT2D eigenvalue weighted by atomic mass is 10.2. The molecule has 0 aliphatic carbocycles. The van der Waals surface area contributed by atoms with Gasteiger partial charge in [0.15, 0.2) is 0 Å². The Balaban J connectivity index is 1.36. The molecule has 10 heteroatoms. The van der Waals surface area contributed by atoms with E-state index in [0.717, 1.165) is 48.8 Å². The summed E-state index contributed by atoms with van der Waals surface area (Å²) in [7, 11) is -1.70. The highest BCUT2D eigenvalue weighted by molar-refractivity contribution is 7.92. The number of likely N-dealkylation sites (N-methyl/N-ethyl adjacent to an activating group) is 1. The molecule has 35 heavy (non-hydrogen) atoms. The van der Waals surface area contributed by atoms with Crippen LogP contribution in [0.15, 0.2) is 76.4 Å². The molecule has 0 radical (unpaired) electrons. The Morgan fingerprint density at radius 3 is 2.40 bits per heavy atom. The molecule has 7 nitrogen and oxygen atoms in total. The Kier molecular flexibility index (Phi) is 6.59. The zero-order chi connectivity index (χ0) is 24.6. The van der Waals surface area contributed by atoms with Crippen LogP contribution in [0.3, 0.4) is 0 Å². The summed E-state index contributed by atoms with van der Waals surface area (Å²) in [5.74, 6) is 0. The fourth-order valence-electron chi connectivity index (χ4n) is 4.18. The fourth-order valence-corrected chi connectivity index (χ4v) is 6.46. The average Bonchev–Trinajstić information content (AvgIpc) is 3.15. The summed E-state index contributed by atoms with van der Waals surface area (Å²) in [4.78, 5) is 17.2. The first-order valence-electron chi connectivity index (χ1n) is 11.2. The van der Waals surface area contributed by atoms with Crippen molar-refractivity contribution in [1.29, 1.82) is 0 Å². The molecule has 1 aliphatic rings. The van der Waals surface area contributed by atoms with Gasteiger partial charge in [-0.3, -0.25) is 14.1 Å². The van der Waals surface area contributed by atoms with Gasteiger partial charge in [0.05, 0.1) is 21.7 Å². The molecule has 2 heterocycles. The van der Waals surface area contributed by atoms with Gasteiger partial charge in [0, 0.05) is 42.6 Å². The molecule has 4 aromatic rings. The molecular weight excluding hydrogens is 504 g/mol. The molecule has 0 saturated carbocycles. The number of hydrogen-bond acceptors (Lipinski definition) is 6. The molecule has 1 aliphatic heterocycles. The first-order chi connectivity index (χ1) is 16.8. The number of thiazole rings is 1. The number of hydrogen-bond donors (Lipinski definition) is 1. The minimum atomic E-state index is -3.81. The first-order valence-corrected chi connectivity index (χ1v) is 13.9. The molecule has 1 saturated heterocycles. The number of nitrogens with zero attached hydrogens (tertiary/aromatic N) is 3. The van der Waals surface area contributed by atoms with Crippen molar-refractivity contribution in [2.75, 3.05) is 42.8 Å². The highest BCUT2D eigenvalue weighted by Crippen LogP contribution is 2.26. The Morgan fingerprint density at radius 1 is 0.971 bits per heavy atom.